The van der Waals surface area contributed by atoms with E-state index in [4.69, 9.17) is 4.74 Å². The lowest BCUT2D eigenvalue weighted by atomic mass is 10.2. The topological polar surface area (TPSA) is 81.5 Å². The zero-order valence-electron chi connectivity index (χ0n) is 16.6. The van der Waals surface area contributed by atoms with Gasteiger partial charge in [0.25, 0.3) is 5.56 Å². The zero-order valence-corrected chi connectivity index (χ0v) is 17.4. The summed E-state index contributed by atoms with van der Waals surface area (Å²) in [4.78, 5) is 44.6. The highest BCUT2D eigenvalue weighted by atomic mass is 32.1. The van der Waals surface area contributed by atoms with Crippen molar-refractivity contribution in [3.63, 3.8) is 0 Å². The van der Waals surface area contributed by atoms with Gasteiger partial charge in [0.1, 0.15) is 16.3 Å². The molecular weight excluding hydrogens is 366 g/mol. The summed E-state index contributed by atoms with van der Waals surface area (Å²) in [5, 5.41) is 0.378. The van der Waals surface area contributed by atoms with E-state index in [1.54, 1.807) is 25.7 Å². The van der Waals surface area contributed by atoms with Gasteiger partial charge in [0.15, 0.2) is 0 Å². The molecule has 0 bridgehead atoms. The van der Waals surface area contributed by atoms with E-state index in [0.29, 0.717) is 33.7 Å². The molecule has 0 saturated heterocycles. The number of nitrogens with zero attached hydrogens (tertiary/aromatic N) is 3. The van der Waals surface area contributed by atoms with Crippen LogP contribution in [-0.2, 0) is 16.1 Å². The van der Waals surface area contributed by atoms with E-state index in [9.17, 15) is 14.4 Å². The van der Waals surface area contributed by atoms with Crippen molar-refractivity contribution >= 4 is 33.4 Å². The fraction of sp³-hybridized carbons (Fsp3) is 0.579. The lowest BCUT2D eigenvalue weighted by Crippen LogP contribution is -2.37. The van der Waals surface area contributed by atoms with Crippen molar-refractivity contribution in [2.45, 2.75) is 60.1 Å². The summed E-state index contributed by atoms with van der Waals surface area (Å²) in [6, 6.07) is 0. The van der Waals surface area contributed by atoms with E-state index in [0.717, 1.165) is 24.2 Å². The minimum Gasteiger partial charge on any atom is -0.459 e. The van der Waals surface area contributed by atoms with Gasteiger partial charge in [0.2, 0.25) is 5.91 Å². The number of esters is 1. The number of amides is 1. The minimum absolute atomic E-state index is 0.0527. The number of carbonyl (C=O) groups excluding carboxylic acids is 2. The van der Waals surface area contributed by atoms with Crippen LogP contribution in [0.1, 0.15) is 55.8 Å². The first-order valence-corrected chi connectivity index (χ1v) is 10.1. The first-order chi connectivity index (χ1) is 12.8. The molecule has 0 aromatic carbocycles. The molecule has 2 aromatic rings. The Kier molecular flexibility index (Phi) is 7.12. The summed E-state index contributed by atoms with van der Waals surface area (Å²) in [5.41, 5.74) is 0.248. The number of aromatic nitrogens is 2. The number of aryl methyl sites for hydroxylation is 1. The number of hydrogen-bond acceptors (Lipinski definition) is 6. The molecule has 0 aliphatic heterocycles. The highest BCUT2D eigenvalue weighted by molar-refractivity contribution is 7.20. The fourth-order valence-corrected chi connectivity index (χ4v) is 3.90. The number of ether oxygens (including phenoxy) is 1. The molecule has 0 N–H and O–H groups in total. The van der Waals surface area contributed by atoms with Gasteiger partial charge in [-0.15, -0.1) is 11.3 Å². The average Bonchev–Trinajstić information content (AvgIpc) is 2.94. The van der Waals surface area contributed by atoms with Gasteiger partial charge in [-0.05, 0) is 39.2 Å². The van der Waals surface area contributed by atoms with Crippen LogP contribution in [0.25, 0.3) is 10.2 Å². The zero-order chi connectivity index (χ0) is 20.1. The highest BCUT2D eigenvalue weighted by Gasteiger charge is 2.22. The van der Waals surface area contributed by atoms with Crippen LogP contribution in [0.15, 0.2) is 11.1 Å². The maximum Gasteiger partial charge on any atom is 0.348 e. The second-order valence-electron chi connectivity index (χ2n) is 6.75. The van der Waals surface area contributed by atoms with Gasteiger partial charge < -0.3 is 9.64 Å². The Bertz CT molecular complexity index is 879. The molecule has 8 heteroatoms. The van der Waals surface area contributed by atoms with E-state index in [-0.39, 0.29) is 24.1 Å². The second-order valence-corrected chi connectivity index (χ2v) is 7.75. The van der Waals surface area contributed by atoms with Gasteiger partial charge in [0, 0.05) is 13.1 Å². The molecule has 1 amide bonds. The van der Waals surface area contributed by atoms with E-state index < -0.39 is 5.97 Å². The molecular formula is C19H27N3O4S. The first kappa shape index (κ1) is 21.1. The van der Waals surface area contributed by atoms with Crippen molar-refractivity contribution in [2.24, 2.45) is 0 Å². The van der Waals surface area contributed by atoms with Gasteiger partial charge >= 0.3 is 5.97 Å². The van der Waals surface area contributed by atoms with E-state index in [1.165, 1.54) is 10.9 Å². The van der Waals surface area contributed by atoms with Crippen molar-refractivity contribution in [1.82, 2.24) is 14.5 Å². The van der Waals surface area contributed by atoms with Gasteiger partial charge in [0.05, 0.1) is 17.8 Å². The standard InChI is InChI=1S/C19H27N3O4S/c1-6-8-21(9-7-2)14(23)10-22-11-20-17-15(18(22)24)13(5)16(27-17)19(25)26-12(3)4/h11-12H,6-10H2,1-5H3. The Morgan fingerprint density at radius 1 is 1.26 bits per heavy atom. The minimum atomic E-state index is -0.454. The Morgan fingerprint density at radius 2 is 1.89 bits per heavy atom. The quantitative estimate of drug-likeness (QED) is 0.644. The Balaban J connectivity index is 2.36. The number of rotatable bonds is 8. The molecule has 148 valence electrons. The van der Waals surface area contributed by atoms with Gasteiger partial charge in [-0.2, -0.15) is 0 Å². The van der Waals surface area contributed by atoms with Crippen LogP contribution in [0.4, 0.5) is 0 Å². The Morgan fingerprint density at radius 3 is 2.44 bits per heavy atom. The third-order valence-electron chi connectivity index (χ3n) is 4.09. The normalized spacial score (nSPS) is 11.2. The summed E-state index contributed by atoms with van der Waals surface area (Å²) >= 11 is 1.14. The van der Waals surface area contributed by atoms with E-state index >= 15 is 0 Å². The molecule has 0 atom stereocenters. The van der Waals surface area contributed by atoms with Crippen LogP contribution in [0, 0.1) is 6.92 Å². The fourth-order valence-electron chi connectivity index (χ4n) is 2.88. The number of thiophene rings is 1. The van der Waals surface area contributed by atoms with Gasteiger partial charge in [-0.25, -0.2) is 9.78 Å². The molecule has 2 heterocycles. The molecule has 0 saturated carbocycles. The van der Waals surface area contributed by atoms with Crippen LogP contribution in [0.3, 0.4) is 0 Å². The van der Waals surface area contributed by atoms with Crippen molar-refractivity contribution in [3.05, 3.63) is 27.1 Å². The summed E-state index contributed by atoms with van der Waals surface area (Å²) in [7, 11) is 0. The third kappa shape index (κ3) is 4.74. The number of carbonyl (C=O) groups is 2. The molecule has 7 nitrogen and oxygen atoms in total. The molecule has 0 fully saturated rings. The predicted molar refractivity (Wildman–Crippen MR) is 106 cm³/mol. The number of hydrogen-bond donors (Lipinski definition) is 0. The summed E-state index contributed by atoms with van der Waals surface area (Å²) in [6.45, 7) is 10.6. The lowest BCUT2D eigenvalue weighted by Gasteiger charge is -2.21. The van der Waals surface area contributed by atoms with Crippen molar-refractivity contribution in [2.75, 3.05) is 13.1 Å². The van der Waals surface area contributed by atoms with Crippen molar-refractivity contribution < 1.29 is 14.3 Å². The molecule has 27 heavy (non-hydrogen) atoms. The molecule has 0 aliphatic rings. The SMILES string of the molecule is CCCN(CCC)C(=O)Cn1cnc2sc(C(=O)OC(C)C)c(C)c2c1=O. The Hall–Kier alpha value is -2.22. The van der Waals surface area contributed by atoms with Crippen LogP contribution in [0.5, 0.6) is 0 Å². The molecule has 0 radical (unpaired) electrons. The highest BCUT2D eigenvalue weighted by Crippen LogP contribution is 2.27. The van der Waals surface area contributed by atoms with E-state index in [2.05, 4.69) is 4.98 Å². The van der Waals surface area contributed by atoms with Crippen molar-refractivity contribution in [1.29, 1.82) is 0 Å². The van der Waals surface area contributed by atoms with Gasteiger partial charge in [-0.1, -0.05) is 13.8 Å². The second kappa shape index (κ2) is 9.12. The van der Waals surface area contributed by atoms with Gasteiger partial charge in [-0.3, -0.25) is 14.2 Å². The smallest absolute Gasteiger partial charge is 0.348 e. The summed E-state index contributed by atoms with van der Waals surface area (Å²) in [6.07, 6.45) is 2.87. The predicted octanol–water partition coefficient (Wildman–Crippen LogP) is 2.98. The lowest BCUT2D eigenvalue weighted by molar-refractivity contribution is -0.132. The molecule has 2 rings (SSSR count). The summed E-state index contributed by atoms with van der Waals surface area (Å²) < 4.78 is 6.56. The third-order valence-corrected chi connectivity index (χ3v) is 5.27. The average molecular weight is 394 g/mol. The van der Waals surface area contributed by atoms with Crippen molar-refractivity contribution in [3.8, 4) is 0 Å². The van der Waals surface area contributed by atoms with Crippen LogP contribution >= 0.6 is 11.3 Å². The molecule has 0 unspecified atom stereocenters. The largest absolute Gasteiger partial charge is 0.459 e. The first-order valence-electron chi connectivity index (χ1n) is 9.27. The van der Waals surface area contributed by atoms with Crippen LogP contribution < -0.4 is 5.56 Å². The van der Waals surface area contributed by atoms with Crippen LogP contribution in [0.2, 0.25) is 0 Å². The summed E-state index contributed by atoms with van der Waals surface area (Å²) in [5.74, 6) is -0.557. The molecule has 2 aromatic heterocycles. The maximum absolute atomic E-state index is 12.9. The molecule has 0 aliphatic carbocycles. The maximum atomic E-state index is 12.9. The Labute approximate surface area is 163 Å². The van der Waals surface area contributed by atoms with E-state index in [1.807, 2.05) is 13.8 Å². The molecule has 0 spiro atoms. The monoisotopic (exact) mass is 393 g/mol. The number of fused-ring (bicyclic) bond motifs is 1. The van der Waals surface area contributed by atoms with Crippen LogP contribution in [-0.4, -0.2) is 45.5 Å².